The maximum atomic E-state index is 14.2. The van der Waals surface area contributed by atoms with Gasteiger partial charge in [0.05, 0.1) is 30.2 Å². The Morgan fingerprint density at radius 1 is 1.12 bits per heavy atom. The Morgan fingerprint density at radius 2 is 1.79 bits per heavy atom. The number of carbonyl (C=O) groups excluding carboxylic acids is 2. The van der Waals surface area contributed by atoms with E-state index in [1.165, 1.54) is 11.9 Å². The Hall–Kier alpha value is -4.01. The summed E-state index contributed by atoms with van der Waals surface area (Å²) in [5.74, 6) is 0.690. The molecule has 0 aromatic heterocycles. The van der Waals surface area contributed by atoms with Crippen molar-refractivity contribution in [1.82, 2.24) is 14.7 Å². The van der Waals surface area contributed by atoms with Gasteiger partial charge in [0.1, 0.15) is 5.75 Å². The minimum Gasteiger partial charge on any atom is -0.497 e. The van der Waals surface area contributed by atoms with Crippen molar-refractivity contribution in [2.75, 3.05) is 27.2 Å². The average Bonchev–Trinajstić information content (AvgIpc) is 3.21. The monoisotopic (exact) mass is 581 g/mol. The molecule has 2 fully saturated rings. The van der Waals surface area contributed by atoms with Gasteiger partial charge >= 0.3 is 12.2 Å². The van der Waals surface area contributed by atoms with Crippen molar-refractivity contribution in [2.45, 2.75) is 51.4 Å². The number of amides is 3. The number of alkyl halides is 3. The molecule has 0 spiro atoms. The summed E-state index contributed by atoms with van der Waals surface area (Å²) in [7, 11) is 3.10. The first-order valence-electron chi connectivity index (χ1n) is 13.9. The van der Waals surface area contributed by atoms with Gasteiger partial charge in [-0.15, -0.1) is 13.2 Å². The highest BCUT2D eigenvalue weighted by Crippen LogP contribution is 2.50. The van der Waals surface area contributed by atoms with Crippen LogP contribution in [0.2, 0.25) is 0 Å². The molecule has 42 heavy (non-hydrogen) atoms. The van der Waals surface area contributed by atoms with E-state index in [9.17, 15) is 22.8 Å². The number of piperazine rings is 1. The Balaban J connectivity index is 1.76. The van der Waals surface area contributed by atoms with Crippen LogP contribution in [0.1, 0.15) is 53.1 Å². The van der Waals surface area contributed by atoms with Gasteiger partial charge in [-0.3, -0.25) is 9.69 Å². The van der Waals surface area contributed by atoms with E-state index in [2.05, 4.69) is 19.7 Å². The molecule has 4 rings (SSSR count). The van der Waals surface area contributed by atoms with Crippen molar-refractivity contribution < 1.29 is 27.5 Å². The van der Waals surface area contributed by atoms with E-state index in [0.29, 0.717) is 37.1 Å². The fourth-order valence-corrected chi connectivity index (χ4v) is 6.45. The van der Waals surface area contributed by atoms with Crippen LogP contribution in [-0.2, 0) is 11.0 Å². The van der Waals surface area contributed by atoms with E-state index >= 15 is 0 Å². The summed E-state index contributed by atoms with van der Waals surface area (Å²) < 4.78 is 46.1. The summed E-state index contributed by atoms with van der Waals surface area (Å²) in [6, 6.07) is 8.06. The summed E-state index contributed by atoms with van der Waals surface area (Å²) in [5.41, 5.74) is 1.03. The smallest absolute Gasteiger partial charge is 0.416 e. The number of rotatable bonds is 8. The molecule has 2 saturated heterocycles. The number of ether oxygens (including phenoxy) is 1. The third kappa shape index (κ3) is 5.56. The van der Waals surface area contributed by atoms with Crippen molar-refractivity contribution in [3.05, 3.63) is 96.1 Å². The second kappa shape index (κ2) is 11.7. The van der Waals surface area contributed by atoms with Crippen LogP contribution in [0.3, 0.4) is 0 Å². The number of halogens is 3. The summed E-state index contributed by atoms with van der Waals surface area (Å²) in [6.45, 7) is 15.9. The highest BCUT2D eigenvalue weighted by Gasteiger charge is 2.56. The van der Waals surface area contributed by atoms with E-state index in [1.807, 2.05) is 30.0 Å². The normalized spacial score (nSPS) is 19.7. The molecule has 6 nitrogen and oxygen atoms in total. The van der Waals surface area contributed by atoms with Crippen LogP contribution in [0.15, 0.2) is 68.3 Å². The van der Waals surface area contributed by atoms with Crippen molar-refractivity contribution >= 4 is 17.6 Å². The lowest BCUT2D eigenvalue weighted by Crippen LogP contribution is -2.57. The molecule has 0 radical (unpaired) electrons. The number of methoxy groups -OCH3 is 1. The molecule has 0 bridgehead atoms. The van der Waals surface area contributed by atoms with Crippen LogP contribution in [-0.4, -0.2) is 59.9 Å². The topological polar surface area (TPSA) is 53.1 Å². The average molecular weight is 582 g/mol. The van der Waals surface area contributed by atoms with Crippen LogP contribution < -0.4 is 4.74 Å². The second-order valence-electron chi connectivity index (χ2n) is 11.3. The van der Waals surface area contributed by atoms with E-state index in [1.54, 1.807) is 37.2 Å². The highest BCUT2D eigenvalue weighted by molar-refractivity contribution is 5.88. The van der Waals surface area contributed by atoms with Gasteiger partial charge in [0.15, 0.2) is 0 Å². The van der Waals surface area contributed by atoms with Gasteiger partial charge in [-0.25, -0.2) is 4.79 Å². The number of hydrogen-bond acceptors (Lipinski definition) is 3. The minimum absolute atomic E-state index is 0.0211. The third-order valence-electron chi connectivity index (χ3n) is 8.54. The second-order valence-corrected chi connectivity index (χ2v) is 11.3. The zero-order valence-corrected chi connectivity index (χ0v) is 24.6. The molecular formula is C33H38F3N3O3. The van der Waals surface area contributed by atoms with Gasteiger partial charge in [0, 0.05) is 25.8 Å². The predicted octanol–water partition coefficient (Wildman–Crippen LogP) is 7.15. The van der Waals surface area contributed by atoms with Gasteiger partial charge in [-0.2, -0.15) is 13.2 Å². The predicted molar refractivity (Wildman–Crippen MR) is 158 cm³/mol. The summed E-state index contributed by atoms with van der Waals surface area (Å²) in [5, 5.41) is 0. The van der Waals surface area contributed by atoms with Gasteiger partial charge in [-0.1, -0.05) is 24.8 Å². The lowest BCUT2D eigenvalue weighted by molar-refractivity contribution is -0.139. The number of urea groups is 1. The van der Waals surface area contributed by atoms with Crippen LogP contribution >= 0.6 is 0 Å². The van der Waals surface area contributed by atoms with E-state index < -0.39 is 29.2 Å². The summed E-state index contributed by atoms with van der Waals surface area (Å²) >= 11 is 0. The number of carbonyl (C=O) groups is 2. The summed E-state index contributed by atoms with van der Waals surface area (Å²) in [4.78, 5) is 32.9. The Bertz CT molecular complexity index is 1410. The first-order chi connectivity index (χ1) is 19.8. The fourth-order valence-electron chi connectivity index (χ4n) is 6.45. The van der Waals surface area contributed by atoms with Crippen LogP contribution in [0.5, 0.6) is 5.75 Å². The van der Waals surface area contributed by atoms with Crippen LogP contribution in [0, 0.1) is 19.3 Å². The third-order valence-corrected chi connectivity index (χ3v) is 8.54. The number of benzene rings is 2. The largest absolute Gasteiger partial charge is 0.497 e. The zero-order valence-electron chi connectivity index (χ0n) is 24.6. The Labute approximate surface area is 245 Å². The molecule has 0 aliphatic carbocycles. The quantitative estimate of drug-likeness (QED) is 0.311. The fraction of sp³-hybridized carbons (Fsp3) is 0.394. The molecule has 9 heteroatoms. The van der Waals surface area contributed by atoms with E-state index in [4.69, 9.17) is 4.74 Å². The van der Waals surface area contributed by atoms with Gasteiger partial charge in [0.2, 0.25) is 5.91 Å². The van der Waals surface area contributed by atoms with Crippen molar-refractivity contribution in [3.8, 4) is 5.75 Å². The molecule has 2 aliphatic rings. The molecule has 0 N–H and O–H groups in total. The number of fused-ring (bicyclic) bond motifs is 1. The molecule has 2 aromatic rings. The number of allylic oxidation sites excluding steroid dienone is 2. The number of hydrogen-bond donors (Lipinski definition) is 0. The highest BCUT2D eigenvalue weighted by atomic mass is 19.4. The number of nitrogens with zero attached hydrogens (tertiary/aromatic N) is 3. The van der Waals surface area contributed by atoms with Gasteiger partial charge < -0.3 is 14.5 Å². The molecular weight excluding hydrogens is 543 g/mol. The molecule has 2 aliphatic heterocycles. The first kappa shape index (κ1) is 30.9. The molecule has 2 atom stereocenters. The van der Waals surface area contributed by atoms with Crippen molar-refractivity contribution in [1.29, 1.82) is 0 Å². The summed E-state index contributed by atoms with van der Waals surface area (Å²) in [6.07, 6.45) is 0.449. The molecule has 0 saturated carbocycles. The van der Waals surface area contributed by atoms with Crippen LogP contribution in [0.4, 0.5) is 18.0 Å². The van der Waals surface area contributed by atoms with E-state index in [0.717, 1.165) is 23.3 Å². The van der Waals surface area contributed by atoms with Gasteiger partial charge in [-0.05, 0) is 85.7 Å². The molecule has 1 unspecified atom stereocenters. The standard InChI is InChI=1S/C33H38F3N3O3/c1-8-12-32(13-9-2)20-28-29(27-11-10-26(42-7)18-22(27)4)39(15-14-38(28)30(32)40)31(41)37(6)23(5)24-16-21(3)17-25(19-24)33(34,35)36/h8-11,16-19,28-29H,1-2,5,12-15,20H2,3-4,6-7H3/t28-,29?/m0/s1. The van der Waals surface area contributed by atoms with Crippen molar-refractivity contribution in [2.24, 2.45) is 5.41 Å². The lowest BCUT2D eigenvalue weighted by Gasteiger charge is -2.46. The maximum absolute atomic E-state index is 14.2. The SMILES string of the molecule is C=CCC1(CC=C)C[C@H]2C(c3ccc(OC)cc3C)N(C(=O)N(C)C(=C)c3cc(C)cc(C(F)(F)F)c3)CCN2C1=O. The first-order valence-corrected chi connectivity index (χ1v) is 13.9. The molecule has 224 valence electrons. The Kier molecular flexibility index (Phi) is 8.62. The number of aryl methyl sites for hydroxylation is 2. The van der Waals surface area contributed by atoms with E-state index in [-0.39, 0.29) is 29.8 Å². The maximum Gasteiger partial charge on any atom is 0.416 e. The Morgan fingerprint density at radius 3 is 2.36 bits per heavy atom. The lowest BCUT2D eigenvalue weighted by atomic mass is 9.76. The van der Waals surface area contributed by atoms with Crippen LogP contribution in [0.25, 0.3) is 5.70 Å². The van der Waals surface area contributed by atoms with Gasteiger partial charge in [0.25, 0.3) is 0 Å². The molecule has 2 aromatic carbocycles. The zero-order chi connectivity index (χ0) is 31.0. The molecule has 2 heterocycles. The molecule has 3 amide bonds. The van der Waals surface area contributed by atoms with Crippen molar-refractivity contribution in [3.63, 3.8) is 0 Å². The minimum atomic E-state index is -4.53.